The minimum absolute atomic E-state index is 0.267. The Hall–Kier alpha value is -1.05. The molecule has 3 atom stereocenters. The van der Waals surface area contributed by atoms with Crippen molar-refractivity contribution < 1.29 is 14.6 Å². The zero-order valence-corrected chi connectivity index (χ0v) is 11.2. The number of nitrogens with two attached hydrogens (primary N) is 1. The van der Waals surface area contributed by atoms with Gasteiger partial charge in [-0.25, -0.2) is 0 Å². The minimum Gasteiger partial charge on any atom is -0.480 e. The van der Waals surface area contributed by atoms with Crippen LogP contribution in [0, 0.1) is 23.7 Å². The van der Waals surface area contributed by atoms with Gasteiger partial charge in [0.05, 0.1) is 12.7 Å². The van der Waals surface area contributed by atoms with Crippen molar-refractivity contribution >= 4 is 5.97 Å². The van der Waals surface area contributed by atoms with Gasteiger partial charge in [-0.2, -0.15) is 0 Å². The lowest BCUT2D eigenvalue weighted by Crippen LogP contribution is -2.46. The topological polar surface area (TPSA) is 72.5 Å². The predicted molar refractivity (Wildman–Crippen MR) is 69.9 cm³/mol. The predicted octanol–water partition coefficient (Wildman–Crippen LogP) is 1.63. The molecule has 1 rings (SSSR count). The van der Waals surface area contributed by atoms with Gasteiger partial charge in [-0.05, 0) is 25.2 Å². The van der Waals surface area contributed by atoms with Crippen LogP contribution in [0.1, 0.15) is 39.5 Å². The summed E-state index contributed by atoms with van der Waals surface area (Å²) in [5.74, 6) is 2.24. The number of hydrogen-bond acceptors (Lipinski definition) is 3. The Labute approximate surface area is 109 Å². The third-order valence-electron chi connectivity index (χ3n) is 3.53. The van der Waals surface area contributed by atoms with Gasteiger partial charge < -0.3 is 15.6 Å². The average molecular weight is 253 g/mol. The largest absolute Gasteiger partial charge is 0.480 e. The van der Waals surface area contributed by atoms with E-state index in [-0.39, 0.29) is 6.10 Å². The Bertz CT molecular complexity index is 332. The standard InChI is InChI=1S/C14H23NO3/c1-4-5-6-7-10-8-11(10)18-9-14(2,3)12(15)13(16)17/h1,10-12H,5-9,15H2,2-3H3,(H,16,17)/t10-,11-,12-/m1/s1. The molecule has 1 aliphatic carbocycles. The van der Waals surface area contributed by atoms with E-state index in [9.17, 15) is 4.79 Å². The van der Waals surface area contributed by atoms with Crippen LogP contribution in [0.15, 0.2) is 0 Å². The summed E-state index contributed by atoms with van der Waals surface area (Å²) in [4.78, 5) is 10.8. The third kappa shape index (κ3) is 4.32. The van der Waals surface area contributed by atoms with Crippen LogP contribution < -0.4 is 5.73 Å². The number of terminal acetylenes is 1. The van der Waals surface area contributed by atoms with Crippen molar-refractivity contribution in [3.63, 3.8) is 0 Å². The molecule has 0 aromatic heterocycles. The first-order valence-electron chi connectivity index (χ1n) is 6.42. The van der Waals surface area contributed by atoms with E-state index in [0.717, 1.165) is 25.7 Å². The van der Waals surface area contributed by atoms with E-state index >= 15 is 0 Å². The first kappa shape index (κ1) is 15.0. The first-order valence-corrected chi connectivity index (χ1v) is 6.42. The average Bonchev–Trinajstić information content (AvgIpc) is 3.04. The zero-order chi connectivity index (χ0) is 13.8. The fraction of sp³-hybridized carbons (Fsp3) is 0.786. The molecule has 102 valence electrons. The van der Waals surface area contributed by atoms with Crippen LogP contribution in [0.2, 0.25) is 0 Å². The van der Waals surface area contributed by atoms with Gasteiger partial charge in [0.2, 0.25) is 0 Å². The lowest BCUT2D eigenvalue weighted by atomic mass is 9.86. The lowest BCUT2D eigenvalue weighted by Gasteiger charge is -2.28. The van der Waals surface area contributed by atoms with E-state index in [4.69, 9.17) is 22.0 Å². The SMILES string of the molecule is C#CCCC[C@@H]1C[C@H]1OCC(C)(C)[C@H](N)C(=O)O. The van der Waals surface area contributed by atoms with Crippen LogP contribution in [-0.2, 0) is 9.53 Å². The van der Waals surface area contributed by atoms with E-state index in [1.807, 2.05) is 13.8 Å². The highest BCUT2D eigenvalue weighted by atomic mass is 16.5. The molecule has 0 unspecified atom stereocenters. The number of rotatable bonds is 8. The van der Waals surface area contributed by atoms with E-state index in [1.165, 1.54) is 0 Å². The molecule has 0 aliphatic heterocycles. The van der Waals surface area contributed by atoms with Gasteiger partial charge in [-0.15, -0.1) is 12.3 Å². The van der Waals surface area contributed by atoms with Crippen molar-refractivity contribution in [2.24, 2.45) is 17.1 Å². The second-order valence-electron chi connectivity index (χ2n) is 5.75. The molecule has 0 heterocycles. The van der Waals surface area contributed by atoms with Gasteiger partial charge in [0.1, 0.15) is 6.04 Å². The highest BCUT2D eigenvalue weighted by Gasteiger charge is 2.40. The number of carboxylic acids is 1. The van der Waals surface area contributed by atoms with Gasteiger partial charge in [0.15, 0.2) is 0 Å². The Morgan fingerprint density at radius 2 is 2.33 bits per heavy atom. The van der Waals surface area contributed by atoms with Gasteiger partial charge in [0, 0.05) is 11.8 Å². The minimum atomic E-state index is -0.982. The molecule has 1 saturated carbocycles. The summed E-state index contributed by atoms with van der Waals surface area (Å²) < 4.78 is 5.74. The van der Waals surface area contributed by atoms with Crippen LogP contribution in [0.25, 0.3) is 0 Å². The highest BCUT2D eigenvalue weighted by molar-refractivity contribution is 5.74. The molecular weight excluding hydrogens is 230 g/mol. The number of aliphatic carboxylic acids is 1. The molecule has 0 amide bonds. The molecule has 0 aromatic rings. The van der Waals surface area contributed by atoms with Crippen LogP contribution in [0.5, 0.6) is 0 Å². The molecule has 0 saturated heterocycles. The first-order chi connectivity index (χ1) is 8.38. The summed E-state index contributed by atoms with van der Waals surface area (Å²) in [6.07, 6.45) is 9.48. The van der Waals surface area contributed by atoms with Crippen LogP contribution in [0.3, 0.4) is 0 Å². The Balaban J connectivity index is 2.23. The molecule has 1 aliphatic rings. The molecule has 1 fully saturated rings. The summed E-state index contributed by atoms with van der Waals surface area (Å²) in [6.45, 7) is 4.03. The van der Waals surface area contributed by atoms with Crippen molar-refractivity contribution in [1.82, 2.24) is 0 Å². The molecule has 0 radical (unpaired) electrons. The van der Waals surface area contributed by atoms with Crippen LogP contribution >= 0.6 is 0 Å². The Kier molecular flexibility index (Phi) is 5.18. The van der Waals surface area contributed by atoms with Crippen LogP contribution in [0.4, 0.5) is 0 Å². The molecule has 18 heavy (non-hydrogen) atoms. The van der Waals surface area contributed by atoms with E-state index in [2.05, 4.69) is 5.92 Å². The number of carbonyl (C=O) groups is 1. The van der Waals surface area contributed by atoms with Gasteiger partial charge >= 0.3 is 5.97 Å². The van der Waals surface area contributed by atoms with E-state index in [1.54, 1.807) is 0 Å². The van der Waals surface area contributed by atoms with Gasteiger partial charge in [0.25, 0.3) is 0 Å². The molecule has 0 bridgehead atoms. The Morgan fingerprint density at radius 3 is 2.89 bits per heavy atom. The third-order valence-corrected chi connectivity index (χ3v) is 3.53. The molecule has 3 N–H and O–H groups in total. The fourth-order valence-electron chi connectivity index (χ4n) is 1.94. The van der Waals surface area contributed by atoms with E-state index < -0.39 is 17.4 Å². The molecule has 4 nitrogen and oxygen atoms in total. The number of ether oxygens (including phenoxy) is 1. The Morgan fingerprint density at radius 1 is 1.67 bits per heavy atom. The smallest absolute Gasteiger partial charge is 0.321 e. The zero-order valence-electron chi connectivity index (χ0n) is 11.2. The quantitative estimate of drug-likeness (QED) is 0.509. The molecule has 4 heteroatoms. The summed E-state index contributed by atoms with van der Waals surface area (Å²) in [5, 5.41) is 8.89. The van der Waals surface area contributed by atoms with Crippen molar-refractivity contribution in [3.05, 3.63) is 0 Å². The van der Waals surface area contributed by atoms with Gasteiger partial charge in [-0.1, -0.05) is 13.8 Å². The molecule has 0 spiro atoms. The maximum atomic E-state index is 10.8. The molecular formula is C14H23NO3. The van der Waals surface area contributed by atoms with Crippen molar-refractivity contribution in [2.45, 2.75) is 51.7 Å². The summed E-state index contributed by atoms with van der Waals surface area (Å²) in [5.41, 5.74) is 5.09. The number of carboxylic acid groups (broad SMARTS) is 1. The second-order valence-corrected chi connectivity index (χ2v) is 5.75. The fourth-order valence-corrected chi connectivity index (χ4v) is 1.94. The number of hydrogen-bond donors (Lipinski definition) is 2. The van der Waals surface area contributed by atoms with Crippen molar-refractivity contribution in [1.29, 1.82) is 0 Å². The second kappa shape index (κ2) is 6.21. The highest BCUT2D eigenvalue weighted by Crippen LogP contribution is 2.39. The summed E-state index contributed by atoms with van der Waals surface area (Å²) >= 11 is 0. The normalized spacial score (nSPS) is 24.3. The maximum absolute atomic E-state index is 10.8. The lowest BCUT2D eigenvalue weighted by molar-refractivity contribution is -0.142. The van der Waals surface area contributed by atoms with Crippen molar-refractivity contribution in [2.75, 3.05) is 6.61 Å². The summed E-state index contributed by atoms with van der Waals surface area (Å²) in [7, 11) is 0. The van der Waals surface area contributed by atoms with Crippen molar-refractivity contribution in [3.8, 4) is 12.3 Å². The molecule has 0 aromatic carbocycles. The maximum Gasteiger partial charge on any atom is 0.321 e. The summed E-state index contributed by atoms with van der Waals surface area (Å²) in [6, 6.07) is -0.892. The monoisotopic (exact) mass is 253 g/mol. The van der Waals surface area contributed by atoms with Gasteiger partial charge in [-0.3, -0.25) is 4.79 Å². The number of unbranched alkanes of at least 4 members (excludes halogenated alkanes) is 1. The van der Waals surface area contributed by atoms with E-state index in [0.29, 0.717) is 12.5 Å². The van der Waals surface area contributed by atoms with Crippen LogP contribution in [-0.4, -0.2) is 29.8 Å².